The summed E-state index contributed by atoms with van der Waals surface area (Å²) in [7, 11) is 0. The van der Waals surface area contributed by atoms with Gasteiger partial charge in [-0.3, -0.25) is 4.79 Å². The van der Waals surface area contributed by atoms with Gasteiger partial charge in [0.1, 0.15) is 0 Å². The minimum Gasteiger partial charge on any atom is -0.368 e. The van der Waals surface area contributed by atoms with Crippen LogP contribution in [0, 0.1) is 0 Å². The van der Waals surface area contributed by atoms with Crippen LogP contribution >= 0.6 is 11.3 Å². The maximum Gasteiger partial charge on any atom is 0.235 e. The second-order valence-corrected chi connectivity index (χ2v) is 4.63. The smallest absolute Gasteiger partial charge is 0.235 e. The van der Waals surface area contributed by atoms with E-state index in [1.165, 1.54) is 4.88 Å². The maximum atomic E-state index is 10.7. The van der Waals surface area contributed by atoms with E-state index >= 15 is 0 Å². The number of rotatable bonds is 6. The van der Waals surface area contributed by atoms with Gasteiger partial charge < -0.3 is 16.8 Å². The molecule has 0 saturated carbocycles. The minimum atomic E-state index is -0.601. The molecular formula is C10H17N3OS. The van der Waals surface area contributed by atoms with Crippen molar-refractivity contribution in [2.24, 2.45) is 11.5 Å². The number of nitrogens with two attached hydrogens (primary N) is 2. The third kappa shape index (κ3) is 4.42. The predicted molar refractivity (Wildman–Crippen MR) is 62.7 cm³/mol. The van der Waals surface area contributed by atoms with Gasteiger partial charge in [0, 0.05) is 17.5 Å². The number of thiophene rings is 1. The number of carbonyl (C=O) groups excluding carboxylic acids is 1. The van der Waals surface area contributed by atoms with Gasteiger partial charge in [-0.1, -0.05) is 6.07 Å². The highest BCUT2D eigenvalue weighted by Gasteiger charge is 2.10. The van der Waals surface area contributed by atoms with E-state index in [2.05, 4.69) is 23.7 Å². The molecule has 0 aliphatic heterocycles. The second kappa shape index (κ2) is 5.85. The largest absolute Gasteiger partial charge is 0.368 e. The lowest BCUT2D eigenvalue weighted by molar-refractivity contribution is -0.119. The van der Waals surface area contributed by atoms with Crippen LogP contribution in [-0.2, 0) is 11.2 Å². The van der Waals surface area contributed by atoms with E-state index < -0.39 is 11.9 Å². The highest BCUT2D eigenvalue weighted by molar-refractivity contribution is 7.09. The Hall–Kier alpha value is -0.910. The zero-order valence-corrected chi connectivity index (χ0v) is 9.59. The molecule has 0 radical (unpaired) electrons. The summed E-state index contributed by atoms with van der Waals surface area (Å²) in [5, 5.41) is 5.24. The highest BCUT2D eigenvalue weighted by atomic mass is 32.1. The summed E-state index contributed by atoms with van der Waals surface area (Å²) in [5.41, 5.74) is 10.6. The molecule has 5 N–H and O–H groups in total. The molecular weight excluding hydrogens is 210 g/mol. The summed E-state index contributed by atoms with van der Waals surface area (Å²) in [6.07, 6.45) is 0.948. The van der Waals surface area contributed by atoms with Crippen LogP contribution in [-0.4, -0.2) is 24.5 Å². The third-order valence-corrected chi connectivity index (χ3v) is 3.04. The van der Waals surface area contributed by atoms with Crippen molar-refractivity contribution >= 4 is 17.2 Å². The van der Waals surface area contributed by atoms with Crippen molar-refractivity contribution in [1.29, 1.82) is 0 Å². The fourth-order valence-corrected chi connectivity index (χ4v) is 2.07. The summed E-state index contributed by atoms with van der Waals surface area (Å²) in [6, 6.07) is 3.82. The van der Waals surface area contributed by atoms with E-state index in [1.54, 1.807) is 11.3 Å². The van der Waals surface area contributed by atoms with Gasteiger partial charge >= 0.3 is 0 Å². The van der Waals surface area contributed by atoms with Gasteiger partial charge in [0.15, 0.2) is 0 Å². The summed E-state index contributed by atoms with van der Waals surface area (Å²) < 4.78 is 0. The second-order valence-electron chi connectivity index (χ2n) is 3.60. The van der Waals surface area contributed by atoms with Crippen LogP contribution in [0.5, 0.6) is 0 Å². The van der Waals surface area contributed by atoms with Crippen molar-refractivity contribution in [1.82, 2.24) is 5.32 Å². The first-order valence-corrected chi connectivity index (χ1v) is 5.78. The minimum absolute atomic E-state index is 0.300. The first-order valence-electron chi connectivity index (χ1n) is 4.90. The van der Waals surface area contributed by atoms with Gasteiger partial charge in [0.2, 0.25) is 5.91 Å². The predicted octanol–water partition coefficient (Wildman–Crippen LogP) is 0.0813. The van der Waals surface area contributed by atoms with Crippen LogP contribution in [0.1, 0.15) is 11.8 Å². The Morgan fingerprint density at radius 1 is 1.67 bits per heavy atom. The Kier molecular flexibility index (Phi) is 4.74. The fourth-order valence-electron chi connectivity index (χ4n) is 1.23. The zero-order valence-electron chi connectivity index (χ0n) is 8.77. The molecule has 2 atom stereocenters. The SMILES string of the molecule is CC(Cc1cccs1)NCC(N)C(N)=O. The van der Waals surface area contributed by atoms with Crippen LogP contribution in [0.2, 0.25) is 0 Å². The van der Waals surface area contributed by atoms with Gasteiger partial charge in [0.25, 0.3) is 0 Å². The maximum absolute atomic E-state index is 10.7. The molecule has 0 aromatic carbocycles. The van der Waals surface area contributed by atoms with E-state index in [9.17, 15) is 4.79 Å². The number of primary amides is 1. The average Bonchev–Trinajstić information content (AvgIpc) is 2.66. The van der Waals surface area contributed by atoms with Crippen molar-refractivity contribution < 1.29 is 4.79 Å². The van der Waals surface area contributed by atoms with Crippen molar-refractivity contribution in [3.63, 3.8) is 0 Å². The van der Waals surface area contributed by atoms with Crippen LogP contribution < -0.4 is 16.8 Å². The van der Waals surface area contributed by atoms with Gasteiger partial charge in [-0.2, -0.15) is 0 Å². The van der Waals surface area contributed by atoms with Crippen LogP contribution in [0.25, 0.3) is 0 Å². The van der Waals surface area contributed by atoms with Crippen molar-refractivity contribution in [2.75, 3.05) is 6.54 Å². The van der Waals surface area contributed by atoms with Crippen molar-refractivity contribution in [2.45, 2.75) is 25.4 Å². The first-order chi connectivity index (χ1) is 7.09. The monoisotopic (exact) mass is 227 g/mol. The Labute approximate surface area is 93.7 Å². The molecule has 15 heavy (non-hydrogen) atoms. The Balaban J connectivity index is 2.25. The normalized spacial score (nSPS) is 14.8. The lowest BCUT2D eigenvalue weighted by atomic mass is 10.2. The van der Waals surface area contributed by atoms with E-state index in [-0.39, 0.29) is 0 Å². The number of hydrogen-bond donors (Lipinski definition) is 3. The molecule has 1 aromatic rings. The van der Waals surface area contributed by atoms with Crippen molar-refractivity contribution in [3.05, 3.63) is 22.4 Å². The third-order valence-electron chi connectivity index (χ3n) is 2.14. The van der Waals surface area contributed by atoms with E-state index in [1.807, 2.05) is 6.07 Å². The molecule has 1 amide bonds. The number of hydrogen-bond acceptors (Lipinski definition) is 4. The highest BCUT2D eigenvalue weighted by Crippen LogP contribution is 2.10. The molecule has 0 bridgehead atoms. The van der Waals surface area contributed by atoms with Crippen LogP contribution in [0.4, 0.5) is 0 Å². The molecule has 84 valence electrons. The molecule has 0 aliphatic rings. The van der Waals surface area contributed by atoms with E-state index in [0.29, 0.717) is 12.6 Å². The topological polar surface area (TPSA) is 81.1 Å². The quantitative estimate of drug-likeness (QED) is 0.644. The molecule has 0 aliphatic carbocycles. The molecule has 5 heteroatoms. The zero-order chi connectivity index (χ0) is 11.3. The standard InChI is InChI=1S/C10H17N3OS/c1-7(5-8-3-2-4-15-8)13-6-9(11)10(12)14/h2-4,7,9,13H,5-6,11H2,1H3,(H2,12,14). The molecule has 1 rings (SSSR count). The summed E-state index contributed by atoms with van der Waals surface area (Å²) in [6.45, 7) is 2.50. The molecule has 0 saturated heterocycles. The van der Waals surface area contributed by atoms with Gasteiger partial charge in [0.05, 0.1) is 6.04 Å². The molecule has 1 aromatic heterocycles. The Bertz CT molecular complexity index is 300. The average molecular weight is 227 g/mol. The lowest BCUT2D eigenvalue weighted by Crippen LogP contribution is -2.46. The van der Waals surface area contributed by atoms with Crippen LogP contribution in [0.3, 0.4) is 0 Å². The Morgan fingerprint density at radius 3 is 2.93 bits per heavy atom. The number of amides is 1. The number of carbonyl (C=O) groups is 1. The molecule has 4 nitrogen and oxygen atoms in total. The molecule has 0 spiro atoms. The first kappa shape index (κ1) is 12.2. The number of nitrogens with one attached hydrogen (secondary N) is 1. The summed E-state index contributed by atoms with van der Waals surface area (Å²) >= 11 is 1.73. The molecule has 2 unspecified atom stereocenters. The van der Waals surface area contributed by atoms with Gasteiger partial charge in [-0.15, -0.1) is 11.3 Å². The van der Waals surface area contributed by atoms with Gasteiger partial charge in [-0.25, -0.2) is 0 Å². The van der Waals surface area contributed by atoms with E-state index in [4.69, 9.17) is 11.5 Å². The lowest BCUT2D eigenvalue weighted by Gasteiger charge is -2.15. The van der Waals surface area contributed by atoms with Crippen molar-refractivity contribution in [3.8, 4) is 0 Å². The fraction of sp³-hybridized carbons (Fsp3) is 0.500. The summed E-state index contributed by atoms with van der Waals surface area (Å²) in [5.74, 6) is -0.467. The molecule has 1 heterocycles. The Morgan fingerprint density at radius 2 is 2.40 bits per heavy atom. The van der Waals surface area contributed by atoms with Crippen LogP contribution in [0.15, 0.2) is 17.5 Å². The summed E-state index contributed by atoms with van der Waals surface area (Å²) in [4.78, 5) is 12.0. The van der Waals surface area contributed by atoms with E-state index in [0.717, 1.165) is 6.42 Å². The van der Waals surface area contributed by atoms with Gasteiger partial charge in [-0.05, 0) is 24.8 Å². The molecule has 0 fully saturated rings.